The van der Waals surface area contributed by atoms with Crippen LogP contribution in [0.1, 0.15) is 51.1 Å². The number of amides is 1. The number of hydrogen-bond acceptors (Lipinski definition) is 4. The minimum atomic E-state index is -1.35. The van der Waals surface area contributed by atoms with Gasteiger partial charge in [-0.25, -0.2) is 0 Å². The number of carbonyl (C=O) groups excluding carboxylic acids is 1. The van der Waals surface area contributed by atoms with Gasteiger partial charge >= 0.3 is 0 Å². The second-order valence-electron chi connectivity index (χ2n) is 6.56. The summed E-state index contributed by atoms with van der Waals surface area (Å²) in [5, 5.41) is 0. The van der Waals surface area contributed by atoms with E-state index < -0.39 is 10.8 Å². The molecular weight excluding hydrogens is 340 g/mol. The molecule has 1 aromatic heterocycles. The van der Waals surface area contributed by atoms with Crippen LogP contribution in [0.2, 0.25) is 0 Å². The van der Waals surface area contributed by atoms with Crippen molar-refractivity contribution in [1.29, 1.82) is 0 Å². The van der Waals surface area contributed by atoms with Crippen LogP contribution in [-0.4, -0.2) is 45.4 Å². The van der Waals surface area contributed by atoms with E-state index in [4.69, 9.17) is 4.74 Å². The zero-order chi connectivity index (χ0) is 18.2. The number of aromatic nitrogens is 1. The molecule has 0 saturated heterocycles. The second kappa shape index (κ2) is 9.75. The van der Waals surface area contributed by atoms with Crippen molar-refractivity contribution in [3.8, 4) is 5.75 Å². The fourth-order valence-electron chi connectivity index (χ4n) is 3.04. The molecule has 2 rings (SSSR count). The molecule has 1 saturated carbocycles. The van der Waals surface area contributed by atoms with Crippen LogP contribution in [0.3, 0.4) is 0 Å². The molecule has 1 fully saturated rings. The monoisotopic (exact) mass is 368 g/mol. The third kappa shape index (κ3) is 5.99. The highest BCUT2D eigenvalue weighted by atomic mass is 32.2. The van der Waals surface area contributed by atoms with Crippen molar-refractivity contribution in [1.82, 2.24) is 9.88 Å². The van der Waals surface area contributed by atoms with E-state index in [1.165, 1.54) is 18.7 Å². The molecule has 1 aromatic rings. The first kappa shape index (κ1) is 19.7. The smallest absolute Gasteiger partial charge is 0.235 e. The van der Waals surface area contributed by atoms with Gasteiger partial charge in [0.25, 0.3) is 0 Å². The van der Waals surface area contributed by atoms with Gasteiger partial charge in [0.1, 0.15) is 5.75 Å². The Morgan fingerprint density at radius 2 is 2.08 bits per heavy atom. The van der Waals surface area contributed by atoms with Gasteiger partial charge in [0.15, 0.2) is 5.75 Å². The van der Waals surface area contributed by atoms with Gasteiger partial charge < -0.3 is 14.6 Å². The highest BCUT2D eigenvalue weighted by Gasteiger charge is 2.23. The minimum absolute atomic E-state index is 0.0108. The van der Waals surface area contributed by atoms with Crippen LogP contribution in [0.25, 0.3) is 0 Å². The standard InChI is InChI=1S/C18H28N2O4S/c1-3-9-24-17-11-19-14(10-16(17)21)12-25(23)13-18(22)20(2)15-7-5-4-6-8-15/h10-11,15H,3-9,12-13H2,1-2H3,(H,19,21). The summed E-state index contributed by atoms with van der Waals surface area (Å²) in [4.78, 5) is 29.0. The first-order valence-electron chi connectivity index (χ1n) is 8.96. The quantitative estimate of drug-likeness (QED) is 0.763. The number of aromatic amines is 1. The lowest BCUT2D eigenvalue weighted by Gasteiger charge is -2.31. The average Bonchev–Trinajstić information content (AvgIpc) is 2.61. The van der Waals surface area contributed by atoms with Crippen LogP contribution in [0.4, 0.5) is 0 Å². The van der Waals surface area contributed by atoms with E-state index in [1.807, 2.05) is 6.92 Å². The highest BCUT2D eigenvalue weighted by Crippen LogP contribution is 2.21. The molecule has 0 bridgehead atoms. The topological polar surface area (TPSA) is 79.5 Å². The third-order valence-corrected chi connectivity index (χ3v) is 5.72. The molecule has 1 aliphatic carbocycles. The van der Waals surface area contributed by atoms with E-state index in [1.54, 1.807) is 11.9 Å². The van der Waals surface area contributed by atoms with Crippen LogP contribution in [0, 0.1) is 0 Å². The van der Waals surface area contributed by atoms with Gasteiger partial charge in [-0.05, 0) is 19.3 Å². The molecule has 1 unspecified atom stereocenters. The number of pyridine rings is 1. The summed E-state index contributed by atoms with van der Waals surface area (Å²) in [6, 6.07) is 1.67. The molecule has 6 nitrogen and oxygen atoms in total. The van der Waals surface area contributed by atoms with E-state index in [0.29, 0.717) is 12.3 Å². The first-order valence-corrected chi connectivity index (χ1v) is 10.4. The molecule has 1 aliphatic rings. The molecule has 0 aliphatic heterocycles. The predicted octanol–water partition coefficient (Wildman–Crippen LogP) is 2.20. The Morgan fingerprint density at radius 3 is 2.72 bits per heavy atom. The van der Waals surface area contributed by atoms with E-state index in [9.17, 15) is 13.8 Å². The van der Waals surface area contributed by atoms with Gasteiger partial charge in [0.05, 0.1) is 12.4 Å². The van der Waals surface area contributed by atoms with Crippen molar-refractivity contribution in [2.45, 2.75) is 57.2 Å². The lowest BCUT2D eigenvalue weighted by molar-refractivity contribution is -0.129. The average molecular weight is 368 g/mol. The Morgan fingerprint density at radius 1 is 1.36 bits per heavy atom. The van der Waals surface area contributed by atoms with Crippen molar-refractivity contribution in [3.63, 3.8) is 0 Å². The van der Waals surface area contributed by atoms with Crippen LogP contribution >= 0.6 is 0 Å². The first-order chi connectivity index (χ1) is 12.0. The molecule has 1 amide bonds. The third-order valence-electron chi connectivity index (χ3n) is 4.52. The van der Waals surface area contributed by atoms with Crippen LogP contribution in [0.15, 0.2) is 17.1 Å². The maximum Gasteiger partial charge on any atom is 0.235 e. The summed E-state index contributed by atoms with van der Waals surface area (Å²) in [5.41, 5.74) is 0.324. The second-order valence-corrected chi connectivity index (χ2v) is 8.02. The molecule has 1 N–H and O–H groups in total. The van der Waals surface area contributed by atoms with Crippen molar-refractivity contribution in [2.24, 2.45) is 0 Å². The molecule has 0 spiro atoms. The van der Waals surface area contributed by atoms with Gasteiger partial charge in [-0.15, -0.1) is 0 Å². The SMILES string of the molecule is CCCOc1c[nH]c(CS(=O)CC(=O)N(C)C2CCCCC2)cc1=O. The summed E-state index contributed by atoms with van der Waals surface area (Å²) in [6.07, 6.45) is 7.92. The number of ether oxygens (including phenoxy) is 1. The Balaban J connectivity index is 1.87. The number of H-pyrrole nitrogens is 1. The Labute approximate surface area is 151 Å². The van der Waals surface area contributed by atoms with Crippen molar-refractivity contribution >= 4 is 16.7 Å². The van der Waals surface area contributed by atoms with Crippen LogP contribution < -0.4 is 10.2 Å². The fraction of sp³-hybridized carbons (Fsp3) is 0.667. The summed E-state index contributed by atoms with van der Waals surface area (Å²) in [6.45, 7) is 2.45. The molecule has 7 heteroatoms. The van der Waals surface area contributed by atoms with Gasteiger partial charge in [-0.3, -0.25) is 13.8 Å². The van der Waals surface area contributed by atoms with Gasteiger partial charge in [-0.1, -0.05) is 26.2 Å². The predicted molar refractivity (Wildman–Crippen MR) is 99.2 cm³/mol. The molecule has 140 valence electrons. The number of nitrogens with one attached hydrogen (secondary N) is 1. The lowest BCUT2D eigenvalue weighted by atomic mass is 9.94. The molecule has 0 aromatic carbocycles. The molecule has 25 heavy (non-hydrogen) atoms. The van der Waals surface area contributed by atoms with Crippen LogP contribution in [0.5, 0.6) is 5.75 Å². The van der Waals surface area contributed by atoms with E-state index in [0.717, 1.165) is 32.1 Å². The molecule has 1 heterocycles. The molecule has 1 atom stereocenters. The Bertz CT molecular complexity index is 653. The summed E-state index contributed by atoms with van der Waals surface area (Å²) in [7, 11) is 0.454. The minimum Gasteiger partial charge on any atom is -0.488 e. The van der Waals surface area contributed by atoms with E-state index >= 15 is 0 Å². The van der Waals surface area contributed by atoms with Crippen molar-refractivity contribution in [3.05, 3.63) is 28.2 Å². The van der Waals surface area contributed by atoms with E-state index in [2.05, 4.69) is 4.98 Å². The number of carbonyl (C=O) groups is 1. The normalized spacial score (nSPS) is 16.4. The lowest BCUT2D eigenvalue weighted by Crippen LogP contribution is -2.40. The summed E-state index contributed by atoms with van der Waals surface area (Å²) < 4.78 is 17.6. The highest BCUT2D eigenvalue weighted by molar-refractivity contribution is 7.84. The maximum absolute atomic E-state index is 12.3. The van der Waals surface area contributed by atoms with Gasteiger partial charge in [0, 0.05) is 41.8 Å². The zero-order valence-electron chi connectivity index (χ0n) is 15.1. The summed E-state index contributed by atoms with van der Waals surface area (Å²) >= 11 is 0. The summed E-state index contributed by atoms with van der Waals surface area (Å²) in [5.74, 6) is 0.330. The number of hydrogen-bond donors (Lipinski definition) is 1. The van der Waals surface area contributed by atoms with Crippen molar-refractivity contribution in [2.75, 3.05) is 19.4 Å². The fourth-order valence-corrected chi connectivity index (χ4v) is 4.14. The Hall–Kier alpha value is -1.63. The largest absolute Gasteiger partial charge is 0.488 e. The van der Waals surface area contributed by atoms with E-state index in [-0.39, 0.29) is 34.6 Å². The van der Waals surface area contributed by atoms with Gasteiger partial charge in [0.2, 0.25) is 11.3 Å². The molecule has 0 radical (unpaired) electrons. The number of nitrogens with zero attached hydrogens (tertiary/aromatic N) is 1. The zero-order valence-corrected chi connectivity index (χ0v) is 15.9. The van der Waals surface area contributed by atoms with Crippen molar-refractivity contribution < 1.29 is 13.7 Å². The maximum atomic E-state index is 12.3. The van der Waals surface area contributed by atoms with Crippen LogP contribution in [-0.2, 0) is 21.3 Å². The Kier molecular flexibility index (Phi) is 7.68. The van der Waals surface area contributed by atoms with Gasteiger partial charge in [-0.2, -0.15) is 0 Å². The number of rotatable bonds is 8. The molecular formula is C18H28N2O4S.